The molecule has 0 saturated heterocycles. The molecule has 0 aliphatic heterocycles. The van der Waals surface area contributed by atoms with Gasteiger partial charge in [0.15, 0.2) is 5.96 Å². The van der Waals surface area contributed by atoms with E-state index in [0.29, 0.717) is 12.6 Å². The van der Waals surface area contributed by atoms with E-state index in [4.69, 9.17) is 4.74 Å². The molecule has 1 aromatic carbocycles. The van der Waals surface area contributed by atoms with E-state index in [9.17, 15) is 0 Å². The van der Waals surface area contributed by atoms with Crippen LogP contribution in [0, 0.1) is 0 Å². The van der Waals surface area contributed by atoms with Crippen LogP contribution in [0.15, 0.2) is 53.7 Å². The molecule has 1 fully saturated rings. The quantitative estimate of drug-likeness (QED) is 0.579. The molecule has 144 valence electrons. The summed E-state index contributed by atoms with van der Waals surface area (Å²) in [5.74, 6) is 1.77. The predicted octanol–water partition coefficient (Wildman–Crippen LogP) is 3.70. The van der Waals surface area contributed by atoms with Gasteiger partial charge in [0, 0.05) is 38.4 Å². The van der Waals surface area contributed by atoms with E-state index in [1.807, 2.05) is 24.4 Å². The lowest BCUT2D eigenvalue weighted by atomic mass is 9.98. The van der Waals surface area contributed by atoms with E-state index in [1.54, 1.807) is 7.05 Å². The summed E-state index contributed by atoms with van der Waals surface area (Å²) < 4.78 is 6.16. The average Bonchev–Trinajstić information content (AvgIpc) is 2.72. The molecule has 2 aromatic rings. The fourth-order valence-electron chi connectivity index (χ4n) is 3.37. The third-order valence-corrected chi connectivity index (χ3v) is 4.84. The summed E-state index contributed by atoms with van der Waals surface area (Å²) >= 11 is 0. The van der Waals surface area contributed by atoms with Gasteiger partial charge in [-0.1, -0.05) is 24.6 Å². The van der Waals surface area contributed by atoms with Crippen LogP contribution in [-0.4, -0.2) is 30.6 Å². The van der Waals surface area contributed by atoms with Crippen LogP contribution in [0.3, 0.4) is 0 Å². The zero-order valence-electron chi connectivity index (χ0n) is 16.2. The summed E-state index contributed by atoms with van der Waals surface area (Å²) in [6.45, 7) is 1.51. The molecule has 0 atom stereocenters. The summed E-state index contributed by atoms with van der Waals surface area (Å²) in [5.41, 5.74) is 2.27. The molecule has 1 aliphatic rings. The van der Waals surface area contributed by atoms with Crippen molar-refractivity contribution in [3.05, 3.63) is 59.9 Å². The molecule has 2 N–H and O–H groups in total. The first-order chi connectivity index (χ1) is 13.3. The predicted molar refractivity (Wildman–Crippen MR) is 110 cm³/mol. The minimum atomic E-state index is 0.378. The van der Waals surface area contributed by atoms with Gasteiger partial charge in [0.2, 0.25) is 0 Å². The van der Waals surface area contributed by atoms with Crippen molar-refractivity contribution in [1.29, 1.82) is 0 Å². The van der Waals surface area contributed by atoms with Crippen molar-refractivity contribution in [2.75, 3.05) is 13.6 Å². The lowest BCUT2D eigenvalue weighted by molar-refractivity contribution is 0.155. The third-order valence-electron chi connectivity index (χ3n) is 4.84. The van der Waals surface area contributed by atoms with Crippen LogP contribution in [0.1, 0.15) is 43.4 Å². The number of pyridine rings is 1. The zero-order valence-corrected chi connectivity index (χ0v) is 16.2. The SMILES string of the molecule is CN=C(NCCc1ccccn1)NCc1cccc(OC2CCCCC2)c1. The second-order valence-electron chi connectivity index (χ2n) is 6.95. The molecule has 5 nitrogen and oxygen atoms in total. The minimum Gasteiger partial charge on any atom is -0.490 e. The van der Waals surface area contributed by atoms with Gasteiger partial charge in [-0.05, 0) is 55.5 Å². The maximum atomic E-state index is 6.16. The Morgan fingerprint density at radius 1 is 1.11 bits per heavy atom. The van der Waals surface area contributed by atoms with E-state index in [1.165, 1.54) is 37.7 Å². The van der Waals surface area contributed by atoms with Crippen LogP contribution in [0.4, 0.5) is 0 Å². The van der Waals surface area contributed by atoms with Gasteiger partial charge < -0.3 is 15.4 Å². The monoisotopic (exact) mass is 366 g/mol. The van der Waals surface area contributed by atoms with Gasteiger partial charge in [-0.15, -0.1) is 0 Å². The standard InChI is InChI=1S/C22H30N4O/c1-23-22(25-15-13-19-9-5-6-14-24-19)26-17-18-8-7-12-21(16-18)27-20-10-3-2-4-11-20/h5-9,12,14,16,20H,2-4,10-11,13,15,17H2,1H3,(H2,23,25,26). The summed E-state index contributed by atoms with van der Waals surface area (Å²) in [6.07, 6.45) is 9.33. The van der Waals surface area contributed by atoms with Gasteiger partial charge in [0.25, 0.3) is 0 Å². The Kier molecular flexibility index (Phi) is 7.51. The zero-order chi connectivity index (χ0) is 18.7. The van der Waals surface area contributed by atoms with Gasteiger partial charge in [0.05, 0.1) is 6.10 Å². The Balaban J connectivity index is 1.44. The van der Waals surface area contributed by atoms with Gasteiger partial charge >= 0.3 is 0 Å². The van der Waals surface area contributed by atoms with Gasteiger partial charge in [0.1, 0.15) is 5.75 Å². The van der Waals surface area contributed by atoms with Crippen molar-refractivity contribution in [3.8, 4) is 5.75 Å². The number of aromatic nitrogens is 1. The fraction of sp³-hybridized carbons (Fsp3) is 0.455. The highest BCUT2D eigenvalue weighted by Gasteiger charge is 2.14. The number of hydrogen-bond donors (Lipinski definition) is 2. The van der Waals surface area contributed by atoms with Crippen molar-refractivity contribution < 1.29 is 4.74 Å². The Bertz CT molecular complexity index is 711. The normalized spacial score (nSPS) is 15.4. The first-order valence-corrected chi connectivity index (χ1v) is 9.93. The van der Waals surface area contributed by atoms with Crippen LogP contribution in [0.25, 0.3) is 0 Å². The number of nitrogens with zero attached hydrogens (tertiary/aromatic N) is 2. The van der Waals surface area contributed by atoms with E-state index in [0.717, 1.165) is 30.4 Å². The molecule has 1 saturated carbocycles. The van der Waals surface area contributed by atoms with Crippen molar-refractivity contribution in [2.45, 2.75) is 51.2 Å². The van der Waals surface area contributed by atoms with E-state index in [2.05, 4.69) is 44.9 Å². The van der Waals surface area contributed by atoms with Crippen LogP contribution < -0.4 is 15.4 Å². The number of aliphatic imine (C=N–C) groups is 1. The number of rotatable bonds is 7. The Labute approximate surface area is 162 Å². The molecule has 1 aromatic heterocycles. The molecule has 27 heavy (non-hydrogen) atoms. The van der Waals surface area contributed by atoms with Gasteiger partial charge in [-0.3, -0.25) is 9.98 Å². The maximum absolute atomic E-state index is 6.16. The molecular formula is C22H30N4O. The van der Waals surface area contributed by atoms with Gasteiger partial charge in [-0.25, -0.2) is 0 Å². The highest BCUT2D eigenvalue weighted by Crippen LogP contribution is 2.23. The Hall–Kier alpha value is -2.56. The highest BCUT2D eigenvalue weighted by atomic mass is 16.5. The van der Waals surface area contributed by atoms with Crippen molar-refractivity contribution >= 4 is 5.96 Å². The molecular weight excluding hydrogens is 336 g/mol. The van der Waals surface area contributed by atoms with E-state index < -0.39 is 0 Å². The van der Waals surface area contributed by atoms with Crippen LogP contribution in [-0.2, 0) is 13.0 Å². The molecule has 0 amide bonds. The Morgan fingerprint density at radius 3 is 2.78 bits per heavy atom. The second-order valence-corrected chi connectivity index (χ2v) is 6.95. The van der Waals surface area contributed by atoms with Crippen LogP contribution >= 0.6 is 0 Å². The van der Waals surface area contributed by atoms with Gasteiger partial charge in [-0.2, -0.15) is 0 Å². The summed E-state index contributed by atoms with van der Waals surface area (Å²) in [4.78, 5) is 8.63. The second kappa shape index (κ2) is 10.6. The van der Waals surface area contributed by atoms with E-state index in [-0.39, 0.29) is 0 Å². The molecule has 1 aliphatic carbocycles. The summed E-state index contributed by atoms with van der Waals surface area (Å²) in [5, 5.41) is 6.70. The number of nitrogens with one attached hydrogen (secondary N) is 2. The van der Waals surface area contributed by atoms with Crippen LogP contribution in [0.5, 0.6) is 5.75 Å². The molecule has 3 rings (SSSR count). The molecule has 0 radical (unpaired) electrons. The smallest absolute Gasteiger partial charge is 0.191 e. The first-order valence-electron chi connectivity index (χ1n) is 9.93. The minimum absolute atomic E-state index is 0.378. The van der Waals surface area contributed by atoms with Crippen molar-refractivity contribution in [1.82, 2.24) is 15.6 Å². The largest absolute Gasteiger partial charge is 0.490 e. The number of benzene rings is 1. The fourth-order valence-corrected chi connectivity index (χ4v) is 3.37. The van der Waals surface area contributed by atoms with Crippen molar-refractivity contribution in [3.63, 3.8) is 0 Å². The number of hydrogen-bond acceptors (Lipinski definition) is 3. The molecule has 0 spiro atoms. The first kappa shape index (κ1) is 19.2. The highest BCUT2D eigenvalue weighted by molar-refractivity contribution is 5.79. The molecule has 5 heteroatoms. The lowest BCUT2D eigenvalue weighted by Gasteiger charge is -2.23. The third kappa shape index (κ3) is 6.59. The van der Waals surface area contributed by atoms with E-state index >= 15 is 0 Å². The summed E-state index contributed by atoms with van der Waals surface area (Å²) in [6, 6.07) is 14.3. The number of ether oxygens (including phenoxy) is 1. The van der Waals surface area contributed by atoms with Crippen LogP contribution in [0.2, 0.25) is 0 Å². The van der Waals surface area contributed by atoms with Crippen molar-refractivity contribution in [2.24, 2.45) is 4.99 Å². The maximum Gasteiger partial charge on any atom is 0.191 e. The number of guanidine groups is 1. The topological polar surface area (TPSA) is 58.5 Å². The molecule has 1 heterocycles. The lowest BCUT2D eigenvalue weighted by Crippen LogP contribution is -2.37. The summed E-state index contributed by atoms with van der Waals surface area (Å²) in [7, 11) is 1.79. The molecule has 0 bridgehead atoms. The average molecular weight is 367 g/mol. The molecule has 0 unspecified atom stereocenters. The Morgan fingerprint density at radius 2 is 2.00 bits per heavy atom.